The zero-order valence-electron chi connectivity index (χ0n) is 13.8. The summed E-state index contributed by atoms with van der Waals surface area (Å²) < 4.78 is 30.0. The minimum Gasteiger partial charge on any atom is -0.452 e. The monoisotopic (exact) mass is 354 g/mol. The van der Waals surface area contributed by atoms with Gasteiger partial charge in [0.1, 0.15) is 0 Å². The molecule has 0 unspecified atom stereocenters. The van der Waals surface area contributed by atoms with Crippen LogP contribution >= 0.6 is 0 Å². The molecule has 7 nitrogen and oxygen atoms in total. The molecule has 0 bridgehead atoms. The normalized spacial score (nSPS) is 18.1. The van der Waals surface area contributed by atoms with Gasteiger partial charge in [-0.3, -0.25) is 9.52 Å². The van der Waals surface area contributed by atoms with E-state index in [4.69, 9.17) is 4.74 Å². The Bertz CT molecular complexity index is 717. The first-order valence-electron chi connectivity index (χ1n) is 7.78. The lowest BCUT2D eigenvalue weighted by molar-refractivity contribution is -0.136. The molecule has 0 radical (unpaired) electrons. The van der Waals surface area contributed by atoms with Crippen LogP contribution in [0.4, 0.5) is 5.69 Å². The number of nitrogens with one attached hydrogen (secondary N) is 1. The second-order valence-electron chi connectivity index (χ2n) is 6.08. The van der Waals surface area contributed by atoms with Gasteiger partial charge in [0, 0.05) is 13.1 Å². The maximum atomic E-state index is 12.2. The quantitative estimate of drug-likeness (QED) is 0.809. The van der Waals surface area contributed by atoms with Crippen LogP contribution in [0, 0.1) is 5.92 Å². The number of anilines is 1. The Balaban J connectivity index is 1.99. The van der Waals surface area contributed by atoms with Gasteiger partial charge in [0.05, 0.1) is 17.5 Å². The van der Waals surface area contributed by atoms with Crippen LogP contribution < -0.4 is 4.72 Å². The van der Waals surface area contributed by atoms with E-state index in [9.17, 15) is 18.0 Å². The van der Waals surface area contributed by atoms with Crippen molar-refractivity contribution >= 4 is 27.6 Å². The number of rotatable bonds is 5. The molecule has 1 aromatic carbocycles. The number of esters is 1. The van der Waals surface area contributed by atoms with Crippen LogP contribution in [0.15, 0.2) is 24.3 Å². The predicted molar refractivity (Wildman–Crippen MR) is 90.2 cm³/mol. The van der Waals surface area contributed by atoms with Crippen LogP contribution in [0.5, 0.6) is 0 Å². The Morgan fingerprint density at radius 3 is 2.71 bits per heavy atom. The molecule has 1 amide bonds. The van der Waals surface area contributed by atoms with Crippen LogP contribution in [0.3, 0.4) is 0 Å². The van der Waals surface area contributed by atoms with E-state index in [2.05, 4.69) is 11.6 Å². The Hall–Kier alpha value is -2.09. The van der Waals surface area contributed by atoms with Gasteiger partial charge in [-0.2, -0.15) is 0 Å². The summed E-state index contributed by atoms with van der Waals surface area (Å²) in [6.45, 7) is 3.08. The Morgan fingerprint density at radius 2 is 2.04 bits per heavy atom. The van der Waals surface area contributed by atoms with Crippen molar-refractivity contribution in [2.45, 2.75) is 19.8 Å². The van der Waals surface area contributed by atoms with Crippen molar-refractivity contribution in [1.29, 1.82) is 0 Å². The molecule has 0 aromatic heterocycles. The highest BCUT2D eigenvalue weighted by Gasteiger charge is 2.22. The summed E-state index contributed by atoms with van der Waals surface area (Å²) in [4.78, 5) is 26.0. The first-order chi connectivity index (χ1) is 11.3. The summed E-state index contributed by atoms with van der Waals surface area (Å²) in [7, 11) is -3.52. The summed E-state index contributed by atoms with van der Waals surface area (Å²) in [5.74, 6) is -0.526. The van der Waals surface area contributed by atoms with E-state index in [1.807, 2.05) is 0 Å². The molecule has 8 heteroatoms. The standard InChI is InChI=1S/C16H22N2O5S/c1-12-6-5-9-18(10-12)15(19)11-23-16(20)13-7-3-4-8-14(13)17-24(2,21)22/h3-4,7-8,12,17H,5-6,9-11H2,1-2H3/t12-/m1/s1. The van der Waals surface area contributed by atoms with Gasteiger partial charge < -0.3 is 9.64 Å². The van der Waals surface area contributed by atoms with Crippen molar-refractivity contribution < 1.29 is 22.7 Å². The van der Waals surface area contributed by atoms with Gasteiger partial charge in [-0.1, -0.05) is 19.1 Å². The van der Waals surface area contributed by atoms with E-state index in [1.54, 1.807) is 17.0 Å². The van der Waals surface area contributed by atoms with Gasteiger partial charge in [-0.25, -0.2) is 13.2 Å². The molecule has 1 aliphatic rings. The minimum atomic E-state index is -3.52. The highest BCUT2D eigenvalue weighted by molar-refractivity contribution is 7.92. The van der Waals surface area contributed by atoms with Crippen molar-refractivity contribution in [3.63, 3.8) is 0 Å². The number of carbonyl (C=O) groups excluding carboxylic acids is 2. The number of amides is 1. The molecule has 1 fully saturated rings. The Kier molecular flexibility index (Phi) is 5.82. The lowest BCUT2D eigenvalue weighted by Crippen LogP contribution is -2.41. The summed E-state index contributed by atoms with van der Waals surface area (Å²) in [5.41, 5.74) is 0.201. The maximum Gasteiger partial charge on any atom is 0.340 e. The van der Waals surface area contributed by atoms with Crippen molar-refractivity contribution in [3.8, 4) is 0 Å². The molecule has 1 saturated heterocycles. The number of likely N-dealkylation sites (tertiary alicyclic amines) is 1. The fraction of sp³-hybridized carbons (Fsp3) is 0.500. The van der Waals surface area contributed by atoms with E-state index in [0.717, 1.165) is 19.1 Å². The molecule has 132 valence electrons. The van der Waals surface area contributed by atoms with Crippen molar-refractivity contribution in [3.05, 3.63) is 29.8 Å². The Labute approximate surface area is 142 Å². The van der Waals surface area contributed by atoms with Gasteiger partial charge in [0.15, 0.2) is 6.61 Å². The average molecular weight is 354 g/mol. The van der Waals surface area contributed by atoms with E-state index in [-0.39, 0.29) is 23.8 Å². The number of ether oxygens (including phenoxy) is 1. The number of carbonyl (C=O) groups is 2. The number of piperidine rings is 1. The highest BCUT2D eigenvalue weighted by atomic mass is 32.2. The van der Waals surface area contributed by atoms with E-state index in [1.165, 1.54) is 12.1 Å². The van der Waals surface area contributed by atoms with Gasteiger partial charge >= 0.3 is 5.97 Å². The molecule has 1 N–H and O–H groups in total. The first-order valence-corrected chi connectivity index (χ1v) is 9.67. The van der Waals surface area contributed by atoms with Crippen molar-refractivity contribution in [2.75, 3.05) is 30.7 Å². The molecule has 0 saturated carbocycles. The third-order valence-corrected chi connectivity index (χ3v) is 4.37. The molecule has 24 heavy (non-hydrogen) atoms. The van der Waals surface area contributed by atoms with Crippen molar-refractivity contribution in [2.24, 2.45) is 5.92 Å². The smallest absolute Gasteiger partial charge is 0.340 e. The number of sulfonamides is 1. The lowest BCUT2D eigenvalue weighted by Gasteiger charge is -2.30. The third-order valence-electron chi connectivity index (χ3n) is 3.78. The van der Waals surface area contributed by atoms with E-state index >= 15 is 0 Å². The highest BCUT2D eigenvalue weighted by Crippen LogP contribution is 2.18. The molecule has 1 aromatic rings. The zero-order chi connectivity index (χ0) is 17.7. The number of nitrogens with zero attached hydrogens (tertiary/aromatic N) is 1. The summed E-state index contributed by atoms with van der Waals surface area (Å²) >= 11 is 0. The Morgan fingerprint density at radius 1 is 1.33 bits per heavy atom. The molecule has 1 heterocycles. The molecular weight excluding hydrogens is 332 g/mol. The largest absolute Gasteiger partial charge is 0.452 e. The predicted octanol–water partition coefficient (Wildman–Crippen LogP) is 1.47. The summed E-state index contributed by atoms with van der Waals surface area (Å²) in [6.07, 6.45) is 3.03. The molecule has 0 spiro atoms. The van der Waals surface area contributed by atoms with Gasteiger partial charge in [-0.15, -0.1) is 0 Å². The van der Waals surface area contributed by atoms with E-state index in [0.29, 0.717) is 19.0 Å². The number of benzene rings is 1. The molecular formula is C16H22N2O5S. The van der Waals surface area contributed by atoms with Gasteiger partial charge in [-0.05, 0) is 30.9 Å². The molecule has 1 atom stereocenters. The lowest BCUT2D eigenvalue weighted by atomic mass is 10.0. The average Bonchev–Trinajstić information content (AvgIpc) is 2.51. The fourth-order valence-corrected chi connectivity index (χ4v) is 3.24. The molecule has 0 aliphatic carbocycles. The maximum absolute atomic E-state index is 12.2. The second-order valence-corrected chi connectivity index (χ2v) is 7.83. The topological polar surface area (TPSA) is 92.8 Å². The molecule has 1 aliphatic heterocycles. The van der Waals surface area contributed by atoms with Crippen LogP contribution in [0.1, 0.15) is 30.1 Å². The number of hydrogen-bond acceptors (Lipinski definition) is 5. The minimum absolute atomic E-state index is 0.0720. The molecule has 2 rings (SSSR count). The summed E-state index contributed by atoms with van der Waals surface area (Å²) in [5, 5.41) is 0. The van der Waals surface area contributed by atoms with Gasteiger partial charge in [0.25, 0.3) is 5.91 Å². The fourth-order valence-electron chi connectivity index (χ4n) is 2.66. The van der Waals surface area contributed by atoms with Gasteiger partial charge in [0.2, 0.25) is 10.0 Å². The third kappa shape index (κ3) is 5.23. The van der Waals surface area contributed by atoms with Crippen LogP contribution in [-0.2, 0) is 19.6 Å². The van der Waals surface area contributed by atoms with E-state index < -0.39 is 16.0 Å². The SMILES string of the molecule is C[C@@H]1CCCN(C(=O)COC(=O)c2ccccc2NS(C)(=O)=O)C1. The van der Waals surface area contributed by atoms with Crippen LogP contribution in [0.25, 0.3) is 0 Å². The van der Waals surface area contributed by atoms with Crippen LogP contribution in [0.2, 0.25) is 0 Å². The first kappa shape index (κ1) is 18.3. The summed E-state index contributed by atoms with van der Waals surface area (Å²) in [6, 6.07) is 6.11. The van der Waals surface area contributed by atoms with Crippen molar-refractivity contribution in [1.82, 2.24) is 4.90 Å². The zero-order valence-corrected chi connectivity index (χ0v) is 14.6. The second kappa shape index (κ2) is 7.65. The number of hydrogen-bond donors (Lipinski definition) is 1. The van der Waals surface area contributed by atoms with Crippen LogP contribution in [-0.4, -0.2) is 51.1 Å². The number of para-hydroxylation sites is 1.